The van der Waals surface area contributed by atoms with E-state index < -0.39 is 11.7 Å². The minimum absolute atomic E-state index is 0.0826. The zero-order valence-corrected chi connectivity index (χ0v) is 15.7. The molecule has 0 aromatic heterocycles. The molecular weight excluding hydrogens is 334 g/mol. The lowest BCUT2D eigenvalue weighted by Crippen LogP contribution is -2.41. The smallest absolute Gasteiger partial charge is 0.415 e. The molecule has 1 aromatic carbocycles. The van der Waals surface area contributed by atoms with Crippen molar-refractivity contribution in [2.75, 3.05) is 29.5 Å². The molecule has 0 aliphatic carbocycles. The number of hydrogen-bond acceptors (Lipinski definition) is 5. The van der Waals surface area contributed by atoms with E-state index in [9.17, 15) is 9.59 Å². The number of carbonyl (C=O) groups is 2. The van der Waals surface area contributed by atoms with Gasteiger partial charge in [0.15, 0.2) is 0 Å². The van der Waals surface area contributed by atoms with Gasteiger partial charge in [-0.3, -0.25) is 9.69 Å². The zero-order chi connectivity index (χ0) is 19.3. The van der Waals surface area contributed by atoms with Gasteiger partial charge in [0.2, 0.25) is 5.91 Å². The molecule has 2 rings (SSSR count). The Morgan fingerprint density at radius 1 is 1.38 bits per heavy atom. The van der Waals surface area contributed by atoms with Crippen molar-refractivity contribution in [3.63, 3.8) is 0 Å². The molecule has 0 spiro atoms. The third kappa shape index (κ3) is 4.66. The van der Waals surface area contributed by atoms with Crippen LogP contribution in [0, 0.1) is 11.3 Å². The van der Waals surface area contributed by atoms with E-state index >= 15 is 0 Å². The van der Waals surface area contributed by atoms with Crippen LogP contribution in [-0.2, 0) is 9.53 Å². The molecule has 140 valence electrons. The van der Waals surface area contributed by atoms with Gasteiger partial charge in [0.25, 0.3) is 0 Å². The van der Waals surface area contributed by atoms with Crippen LogP contribution >= 0.6 is 0 Å². The molecule has 0 N–H and O–H groups in total. The average molecular weight is 359 g/mol. The molecule has 1 aliphatic heterocycles. The van der Waals surface area contributed by atoms with E-state index in [1.54, 1.807) is 30.0 Å². The number of nitrogens with zero attached hydrogens (tertiary/aromatic N) is 3. The molecule has 0 radical (unpaired) electrons. The fourth-order valence-electron chi connectivity index (χ4n) is 2.63. The highest BCUT2D eigenvalue weighted by Gasteiger charge is 2.29. The Morgan fingerprint density at radius 2 is 2.12 bits per heavy atom. The summed E-state index contributed by atoms with van der Waals surface area (Å²) in [5.74, 6) is 0.482. The second-order valence-electron chi connectivity index (χ2n) is 6.94. The summed E-state index contributed by atoms with van der Waals surface area (Å²) in [5.41, 5.74) is 0.586. The second-order valence-corrected chi connectivity index (χ2v) is 6.94. The normalized spacial score (nSPS) is 13.3. The van der Waals surface area contributed by atoms with Gasteiger partial charge in [-0.15, -0.1) is 0 Å². The third-order valence-corrected chi connectivity index (χ3v) is 3.78. The predicted molar refractivity (Wildman–Crippen MR) is 98.4 cm³/mol. The van der Waals surface area contributed by atoms with E-state index in [-0.39, 0.29) is 12.3 Å². The zero-order valence-electron chi connectivity index (χ0n) is 15.7. The maximum atomic E-state index is 12.5. The molecule has 1 aromatic rings. The highest BCUT2D eigenvalue weighted by molar-refractivity contribution is 5.96. The Morgan fingerprint density at radius 3 is 2.73 bits per heavy atom. The molecule has 0 bridgehead atoms. The van der Waals surface area contributed by atoms with Crippen LogP contribution in [0.2, 0.25) is 0 Å². The Labute approximate surface area is 154 Å². The lowest BCUT2D eigenvalue weighted by atomic mass is 10.2. The number of ether oxygens (including phenoxy) is 2. The monoisotopic (exact) mass is 359 g/mol. The summed E-state index contributed by atoms with van der Waals surface area (Å²) in [6.07, 6.45) is 0.105. The van der Waals surface area contributed by atoms with E-state index in [0.717, 1.165) is 0 Å². The molecule has 0 atom stereocenters. The Bertz CT molecular complexity index is 718. The number of amides is 2. The van der Waals surface area contributed by atoms with Crippen LogP contribution < -0.4 is 14.5 Å². The highest BCUT2D eigenvalue weighted by atomic mass is 16.6. The topological polar surface area (TPSA) is 82.9 Å². The summed E-state index contributed by atoms with van der Waals surface area (Å²) in [6.45, 7) is 8.25. The summed E-state index contributed by atoms with van der Waals surface area (Å²) in [6, 6.07) is 7.30. The van der Waals surface area contributed by atoms with Crippen LogP contribution in [0.4, 0.5) is 16.2 Å². The van der Waals surface area contributed by atoms with Crippen LogP contribution in [0.5, 0.6) is 5.75 Å². The molecule has 2 amide bonds. The van der Waals surface area contributed by atoms with E-state index in [0.29, 0.717) is 43.2 Å². The summed E-state index contributed by atoms with van der Waals surface area (Å²) >= 11 is 0. The lowest BCUT2D eigenvalue weighted by molar-refractivity contribution is -0.118. The number of rotatable bonds is 4. The summed E-state index contributed by atoms with van der Waals surface area (Å²) in [7, 11) is 0. The van der Waals surface area contributed by atoms with Crippen molar-refractivity contribution in [3.8, 4) is 11.8 Å². The maximum Gasteiger partial charge on any atom is 0.415 e. The lowest BCUT2D eigenvalue weighted by Gasteiger charge is -2.32. The van der Waals surface area contributed by atoms with Gasteiger partial charge >= 0.3 is 6.09 Å². The molecule has 0 saturated heterocycles. The number of anilines is 2. The van der Waals surface area contributed by atoms with Gasteiger partial charge in [-0.25, -0.2) is 4.79 Å². The largest absolute Gasteiger partial charge is 0.490 e. The fourth-order valence-corrected chi connectivity index (χ4v) is 2.63. The van der Waals surface area contributed by atoms with E-state index in [2.05, 4.69) is 6.07 Å². The molecule has 0 fully saturated rings. The van der Waals surface area contributed by atoms with Crippen molar-refractivity contribution in [1.29, 1.82) is 5.26 Å². The highest BCUT2D eigenvalue weighted by Crippen LogP contribution is 2.36. The molecule has 0 saturated carbocycles. The summed E-state index contributed by atoms with van der Waals surface area (Å²) in [4.78, 5) is 27.9. The van der Waals surface area contributed by atoms with Crippen molar-refractivity contribution in [1.82, 2.24) is 0 Å². The maximum absolute atomic E-state index is 12.5. The minimum atomic E-state index is -0.607. The van der Waals surface area contributed by atoms with Crippen LogP contribution in [0.1, 0.15) is 40.5 Å². The number of nitriles is 1. The number of hydrogen-bond donors (Lipinski definition) is 0. The first kappa shape index (κ1) is 19.6. The SMILES string of the molecule is CCC(=O)N(CCC#N)c1ccc2c(c1)N(C(=O)OC(C)(C)C)CCO2. The van der Waals surface area contributed by atoms with E-state index in [1.807, 2.05) is 20.8 Å². The van der Waals surface area contributed by atoms with Crippen molar-refractivity contribution in [2.45, 2.75) is 46.1 Å². The molecule has 1 heterocycles. The van der Waals surface area contributed by atoms with Crippen molar-refractivity contribution in [3.05, 3.63) is 18.2 Å². The molecular formula is C19H25N3O4. The first-order valence-corrected chi connectivity index (χ1v) is 8.71. The third-order valence-electron chi connectivity index (χ3n) is 3.78. The molecule has 0 unspecified atom stereocenters. The van der Waals surface area contributed by atoms with Crippen molar-refractivity contribution < 1.29 is 19.1 Å². The van der Waals surface area contributed by atoms with Crippen LogP contribution in [0.15, 0.2) is 18.2 Å². The van der Waals surface area contributed by atoms with Crippen LogP contribution in [0.3, 0.4) is 0 Å². The Balaban J connectivity index is 2.36. The molecule has 1 aliphatic rings. The average Bonchev–Trinajstić information content (AvgIpc) is 2.59. The quantitative estimate of drug-likeness (QED) is 0.822. The van der Waals surface area contributed by atoms with Gasteiger partial charge in [-0.1, -0.05) is 6.92 Å². The summed E-state index contributed by atoms with van der Waals surface area (Å²) in [5, 5.41) is 8.85. The fraction of sp³-hybridized carbons (Fsp3) is 0.526. The van der Waals surface area contributed by atoms with Gasteiger partial charge in [0, 0.05) is 18.7 Å². The standard InChI is InChI=1S/C19H25N3O4/c1-5-17(23)21(10-6-9-20)14-7-8-16-15(13-14)22(11-12-25-16)18(24)26-19(2,3)4/h7-8,13H,5-6,10-12H2,1-4H3. The molecule has 26 heavy (non-hydrogen) atoms. The van der Waals surface area contributed by atoms with Gasteiger partial charge in [-0.05, 0) is 39.0 Å². The van der Waals surface area contributed by atoms with Gasteiger partial charge in [0.05, 0.1) is 24.7 Å². The van der Waals surface area contributed by atoms with E-state index in [4.69, 9.17) is 14.7 Å². The Kier molecular flexibility index (Phi) is 6.09. The van der Waals surface area contributed by atoms with Crippen molar-refractivity contribution in [2.24, 2.45) is 0 Å². The summed E-state index contributed by atoms with van der Waals surface area (Å²) < 4.78 is 11.1. The van der Waals surface area contributed by atoms with Crippen LogP contribution in [0.25, 0.3) is 0 Å². The Hall–Kier alpha value is -2.75. The van der Waals surface area contributed by atoms with E-state index in [1.165, 1.54) is 4.90 Å². The van der Waals surface area contributed by atoms with Gasteiger partial charge in [-0.2, -0.15) is 5.26 Å². The van der Waals surface area contributed by atoms with Crippen molar-refractivity contribution >= 4 is 23.4 Å². The minimum Gasteiger partial charge on any atom is -0.490 e. The molecule has 7 nitrogen and oxygen atoms in total. The van der Waals surface area contributed by atoms with Crippen LogP contribution in [-0.4, -0.2) is 37.3 Å². The first-order valence-electron chi connectivity index (χ1n) is 8.71. The van der Waals surface area contributed by atoms with Gasteiger partial charge in [0.1, 0.15) is 18.0 Å². The number of carbonyl (C=O) groups excluding carboxylic acids is 2. The second kappa shape index (κ2) is 8.09. The number of fused-ring (bicyclic) bond motifs is 1. The predicted octanol–water partition coefficient (Wildman–Crippen LogP) is 3.48. The van der Waals surface area contributed by atoms with Gasteiger partial charge < -0.3 is 14.4 Å². The first-order chi connectivity index (χ1) is 12.3. The number of benzene rings is 1. The molecule has 7 heteroatoms.